The molecule has 1 aliphatic heterocycles. The predicted octanol–water partition coefficient (Wildman–Crippen LogP) is 3.72. The standard InChI is InChI=1S/C18H17N3/c1-2-5-15-14(4-1)11-19-12-16(15)18-10-13(7-9-21-18)17-6-3-8-20-17/h1-2,4-5,7,9-12,17,20H,3,6,8H2/t17-/m0/s1. The number of hydrogen-bond acceptors (Lipinski definition) is 3. The summed E-state index contributed by atoms with van der Waals surface area (Å²) in [4.78, 5) is 8.92. The zero-order chi connectivity index (χ0) is 14.1. The van der Waals surface area contributed by atoms with Gasteiger partial charge in [0.1, 0.15) is 0 Å². The molecular formula is C18H17N3. The van der Waals surface area contributed by atoms with Crippen molar-refractivity contribution in [1.82, 2.24) is 15.3 Å². The first-order chi connectivity index (χ1) is 10.4. The minimum atomic E-state index is 0.467. The first kappa shape index (κ1) is 12.5. The molecule has 0 spiro atoms. The lowest BCUT2D eigenvalue weighted by molar-refractivity contribution is 0.647. The molecule has 3 heterocycles. The van der Waals surface area contributed by atoms with Gasteiger partial charge in [-0.2, -0.15) is 0 Å². The minimum absolute atomic E-state index is 0.467. The number of nitrogens with one attached hydrogen (secondary N) is 1. The molecule has 2 aromatic heterocycles. The summed E-state index contributed by atoms with van der Waals surface area (Å²) >= 11 is 0. The van der Waals surface area contributed by atoms with Gasteiger partial charge in [0.2, 0.25) is 0 Å². The summed E-state index contributed by atoms with van der Waals surface area (Å²) in [6, 6.07) is 13.1. The number of nitrogens with zero attached hydrogens (tertiary/aromatic N) is 2. The maximum absolute atomic E-state index is 4.56. The fourth-order valence-electron chi connectivity index (χ4n) is 3.10. The molecule has 3 heteroatoms. The Morgan fingerprint density at radius 1 is 1.10 bits per heavy atom. The summed E-state index contributed by atoms with van der Waals surface area (Å²) in [5.41, 5.74) is 3.43. The summed E-state index contributed by atoms with van der Waals surface area (Å²) in [5.74, 6) is 0. The molecule has 104 valence electrons. The van der Waals surface area contributed by atoms with Gasteiger partial charge in [0, 0.05) is 35.6 Å². The number of pyridine rings is 2. The summed E-state index contributed by atoms with van der Waals surface area (Å²) < 4.78 is 0. The lowest BCUT2D eigenvalue weighted by atomic mass is 10.0. The van der Waals surface area contributed by atoms with Crippen molar-refractivity contribution in [2.75, 3.05) is 6.54 Å². The fraction of sp³-hybridized carbons (Fsp3) is 0.222. The molecule has 21 heavy (non-hydrogen) atoms. The molecule has 1 atom stereocenters. The van der Waals surface area contributed by atoms with Gasteiger partial charge < -0.3 is 5.32 Å². The maximum Gasteiger partial charge on any atom is 0.0727 e. The zero-order valence-corrected chi connectivity index (χ0v) is 11.8. The molecule has 0 unspecified atom stereocenters. The summed E-state index contributed by atoms with van der Waals surface area (Å²) in [6.07, 6.45) is 8.18. The Morgan fingerprint density at radius 2 is 2.05 bits per heavy atom. The van der Waals surface area contributed by atoms with Crippen molar-refractivity contribution in [3.05, 3.63) is 60.6 Å². The van der Waals surface area contributed by atoms with Gasteiger partial charge in [-0.05, 0) is 42.5 Å². The van der Waals surface area contributed by atoms with Crippen LogP contribution in [0.5, 0.6) is 0 Å². The van der Waals surface area contributed by atoms with Crippen molar-refractivity contribution in [2.24, 2.45) is 0 Å². The highest BCUT2D eigenvalue weighted by Crippen LogP contribution is 2.29. The second kappa shape index (κ2) is 5.26. The van der Waals surface area contributed by atoms with E-state index in [-0.39, 0.29) is 0 Å². The van der Waals surface area contributed by atoms with Crippen molar-refractivity contribution in [3.8, 4) is 11.3 Å². The lowest BCUT2D eigenvalue weighted by Crippen LogP contribution is -2.12. The lowest BCUT2D eigenvalue weighted by Gasteiger charge is -2.12. The van der Waals surface area contributed by atoms with Crippen molar-refractivity contribution < 1.29 is 0 Å². The topological polar surface area (TPSA) is 37.8 Å². The monoisotopic (exact) mass is 275 g/mol. The van der Waals surface area contributed by atoms with Gasteiger partial charge in [-0.15, -0.1) is 0 Å². The van der Waals surface area contributed by atoms with Gasteiger partial charge in [0.05, 0.1) is 5.69 Å². The van der Waals surface area contributed by atoms with E-state index in [2.05, 4.69) is 45.6 Å². The molecule has 4 rings (SSSR count). The normalized spacial score (nSPS) is 18.2. The highest BCUT2D eigenvalue weighted by atomic mass is 14.9. The second-order valence-electron chi connectivity index (χ2n) is 5.53. The van der Waals surface area contributed by atoms with Crippen molar-refractivity contribution in [2.45, 2.75) is 18.9 Å². The number of benzene rings is 1. The van der Waals surface area contributed by atoms with E-state index in [1.807, 2.05) is 24.7 Å². The molecule has 3 nitrogen and oxygen atoms in total. The Labute approximate surface area is 124 Å². The van der Waals surface area contributed by atoms with Crippen LogP contribution in [0, 0.1) is 0 Å². The molecule has 1 N–H and O–H groups in total. The van der Waals surface area contributed by atoms with E-state index in [1.165, 1.54) is 23.8 Å². The van der Waals surface area contributed by atoms with E-state index in [9.17, 15) is 0 Å². The van der Waals surface area contributed by atoms with E-state index >= 15 is 0 Å². The SMILES string of the molecule is c1ccc2c(-c3cc([C@@H]4CCCN4)ccn3)cncc2c1. The average molecular weight is 275 g/mol. The van der Waals surface area contributed by atoms with Gasteiger partial charge in [0.15, 0.2) is 0 Å². The maximum atomic E-state index is 4.56. The highest BCUT2D eigenvalue weighted by Gasteiger charge is 2.17. The van der Waals surface area contributed by atoms with E-state index in [0.717, 1.165) is 23.2 Å². The third-order valence-electron chi connectivity index (χ3n) is 4.19. The van der Waals surface area contributed by atoms with Gasteiger partial charge in [-0.1, -0.05) is 24.3 Å². The molecule has 1 aromatic carbocycles. The van der Waals surface area contributed by atoms with Crippen LogP contribution in [0.25, 0.3) is 22.0 Å². The number of rotatable bonds is 2. The summed E-state index contributed by atoms with van der Waals surface area (Å²) in [6.45, 7) is 1.11. The molecule has 1 fully saturated rings. The van der Waals surface area contributed by atoms with E-state index in [4.69, 9.17) is 0 Å². The zero-order valence-electron chi connectivity index (χ0n) is 11.8. The van der Waals surface area contributed by atoms with E-state index in [0.29, 0.717) is 6.04 Å². The molecule has 3 aromatic rings. The van der Waals surface area contributed by atoms with Crippen LogP contribution in [0.1, 0.15) is 24.4 Å². The van der Waals surface area contributed by atoms with Gasteiger partial charge in [0.25, 0.3) is 0 Å². The highest BCUT2D eigenvalue weighted by molar-refractivity contribution is 5.94. The van der Waals surface area contributed by atoms with Gasteiger partial charge >= 0.3 is 0 Å². The molecule has 0 radical (unpaired) electrons. The van der Waals surface area contributed by atoms with Crippen molar-refractivity contribution in [3.63, 3.8) is 0 Å². The molecule has 0 saturated carbocycles. The van der Waals surface area contributed by atoms with Crippen LogP contribution < -0.4 is 5.32 Å². The Kier molecular flexibility index (Phi) is 3.13. The Bertz CT molecular complexity index is 771. The third-order valence-corrected chi connectivity index (χ3v) is 4.19. The quantitative estimate of drug-likeness (QED) is 0.774. The molecule has 1 aliphatic rings. The predicted molar refractivity (Wildman–Crippen MR) is 85.0 cm³/mol. The average Bonchev–Trinajstić information content (AvgIpc) is 3.09. The molecule has 0 aliphatic carbocycles. The van der Waals surface area contributed by atoms with Crippen LogP contribution in [0.15, 0.2) is 55.0 Å². The third kappa shape index (κ3) is 2.30. The van der Waals surface area contributed by atoms with Gasteiger partial charge in [-0.3, -0.25) is 9.97 Å². The summed E-state index contributed by atoms with van der Waals surface area (Å²) in [5, 5.41) is 5.90. The van der Waals surface area contributed by atoms with Crippen LogP contribution in [0.3, 0.4) is 0 Å². The van der Waals surface area contributed by atoms with Gasteiger partial charge in [-0.25, -0.2) is 0 Å². The van der Waals surface area contributed by atoms with Crippen LogP contribution in [-0.2, 0) is 0 Å². The Balaban J connectivity index is 1.83. The summed E-state index contributed by atoms with van der Waals surface area (Å²) in [7, 11) is 0. The Hall–Kier alpha value is -2.26. The van der Waals surface area contributed by atoms with Crippen LogP contribution >= 0.6 is 0 Å². The number of fused-ring (bicyclic) bond motifs is 1. The Morgan fingerprint density at radius 3 is 2.95 bits per heavy atom. The first-order valence-corrected chi connectivity index (χ1v) is 7.44. The number of aromatic nitrogens is 2. The van der Waals surface area contributed by atoms with Crippen molar-refractivity contribution >= 4 is 10.8 Å². The molecule has 0 bridgehead atoms. The minimum Gasteiger partial charge on any atom is -0.310 e. The second-order valence-corrected chi connectivity index (χ2v) is 5.53. The van der Waals surface area contributed by atoms with Crippen molar-refractivity contribution in [1.29, 1.82) is 0 Å². The smallest absolute Gasteiger partial charge is 0.0727 e. The molecule has 0 amide bonds. The molecular weight excluding hydrogens is 258 g/mol. The molecule has 1 saturated heterocycles. The van der Waals surface area contributed by atoms with E-state index in [1.54, 1.807) is 0 Å². The van der Waals surface area contributed by atoms with E-state index < -0.39 is 0 Å². The fourth-order valence-corrected chi connectivity index (χ4v) is 3.10. The van der Waals surface area contributed by atoms with Crippen LogP contribution in [-0.4, -0.2) is 16.5 Å². The number of hydrogen-bond donors (Lipinski definition) is 1. The first-order valence-electron chi connectivity index (χ1n) is 7.44. The van der Waals surface area contributed by atoms with Crippen LogP contribution in [0.2, 0.25) is 0 Å². The largest absolute Gasteiger partial charge is 0.310 e. The van der Waals surface area contributed by atoms with Crippen LogP contribution in [0.4, 0.5) is 0 Å².